The molecule has 5 heteroatoms. The maximum Gasteiger partial charge on any atom is 0.227 e. The molecule has 1 heterocycles. The van der Waals surface area contributed by atoms with Crippen molar-refractivity contribution in [3.8, 4) is 6.07 Å². The second-order valence-electron chi connectivity index (χ2n) is 3.06. The molecule has 1 saturated heterocycles. The Bertz CT molecular complexity index is 330. The van der Waals surface area contributed by atoms with Gasteiger partial charge in [-0.05, 0) is 12.8 Å². The van der Waals surface area contributed by atoms with Gasteiger partial charge in [0, 0.05) is 13.1 Å². The van der Waals surface area contributed by atoms with E-state index < -0.39 is 15.8 Å². The summed E-state index contributed by atoms with van der Waals surface area (Å²) in [5, 5.41) is 8.31. The summed E-state index contributed by atoms with van der Waals surface area (Å²) in [5.41, 5.74) is 1.09. The smallest absolute Gasteiger partial charge is 0.211 e. The average molecular weight is 200 g/mol. The molecule has 0 saturated carbocycles. The van der Waals surface area contributed by atoms with Crippen LogP contribution in [-0.2, 0) is 10.0 Å². The summed E-state index contributed by atoms with van der Waals surface area (Å²) in [5.74, 6) is -0.417. The van der Waals surface area contributed by atoms with E-state index in [2.05, 4.69) is 6.58 Å². The van der Waals surface area contributed by atoms with Crippen molar-refractivity contribution >= 4 is 10.0 Å². The maximum absolute atomic E-state index is 11.4. The molecule has 1 aliphatic rings. The van der Waals surface area contributed by atoms with E-state index >= 15 is 0 Å². The first-order chi connectivity index (χ1) is 6.06. The minimum atomic E-state index is -3.33. The molecule has 0 radical (unpaired) electrons. The molecule has 1 rings (SSSR count). The van der Waals surface area contributed by atoms with Crippen LogP contribution in [0.25, 0.3) is 0 Å². The van der Waals surface area contributed by atoms with Crippen molar-refractivity contribution in [2.24, 2.45) is 0 Å². The standard InChI is InChI=1S/C8H12N2O2S/c1-8-2-5-10(6-3-8)13(11,12)7-4-9/h1-3,5-7H2. The van der Waals surface area contributed by atoms with Crippen LogP contribution in [0.2, 0.25) is 0 Å². The fourth-order valence-electron chi connectivity index (χ4n) is 1.25. The van der Waals surface area contributed by atoms with E-state index in [1.54, 1.807) is 6.07 Å². The Morgan fingerprint density at radius 3 is 2.46 bits per heavy atom. The topological polar surface area (TPSA) is 61.2 Å². The third-order valence-corrected chi connectivity index (χ3v) is 3.72. The van der Waals surface area contributed by atoms with Crippen LogP contribution in [0.5, 0.6) is 0 Å². The maximum atomic E-state index is 11.4. The lowest BCUT2D eigenvalue weighted by molar-refractivity contribution is 0.389. The van der Waals surface area contributed by atoms with E-state index in [1.807, 2.05) is 0 Å². The molecule has 0 spiro atoms. The van der Waals surface area contributed by atoms with Gasteiger partial charge in [0.2, 0.25) is 10.0 Å². The Morgan fingerprint density at radius 1 is 1.46 bits per heavy atom. The summed E-state index contributed by atoms with van der Waals surface area (Å²) in [7, 11) is -3.33. The van der Waals surface area contributed by atoms with Crippen molar-refractivity contribution in [3.63, 3.8) is 0 Å². The molecule has 0 unspecified atom stereocenters. The Balaban J connectivity index is 2.64. The van der Waals surface area contributed by atoms with Crippen LogP contribution in [0.1, 0.15) is 12.8 Å². The van der Waals surface area contributed by atoms with Crippen LogP contribution < -0.4 is 0 Å². The summed E-state index contributed by atoms with van der Waals surface area (Å²) >= 11 is 0. The molecular weight excluding hydrogens is 188 g/mol. The van der Waals surface area contributed by atoms with Crippen LogP contribution in [0.3, 0.4) is 0 Å². The largest absolute Gasteiger partial charge is 0.227 e. The highest BCUT2D eigenvalue weighted by Crippen LogP contribution is 2.16. The Morgan fingerprint density at radius 2 is 2.00 bits per heavy atom. The van der Waals surface area contributed by atoms with Gasteiger partial charge in [-0.3, -0.25) is 0 Å². The normalized spacial score (nSPS) is 19.8. The van der Waals surface area contributed by atoms with Gasteiger partial charge in [-0.25, -0.2) is 12.7 Å². The van der Waals surface area contributed by atoms with Gasteiger partial charge >= 0.3 is 0 Å². The molecule has 0 atom stereocenters. The van der Waals surface area contributed by atoms with Gasteiger partial charge in [0.05, 0.1) is 6.07 Å². The Kier molecular flexibility index (Phi) is 3.07. The summed E-state index contributed by atoms with van der Waals surface area (Å²) < 4.78 is 24.1. The van der Waals surface area contributed by atoms with Crippen LogP contribution in [0.4, 0.5) is 0 Å². The van der Waals surface area contributed by atoms with Crippen molar-refractivity contribution in [2.45, 2.75) is 12.8 Å². The average Bonchev–Trinajstić information content (AvgIpc) is 2.05. The fourth-order valence-corrected chi connectivity index (χ4v) is 2.34. The third-order valence-electron chi connectivity index (χ3n) is 2.07. The lowest BCUT2D eigenvalue weighted by Crippen LogP contribution is -2.37. The highest BCUT2D eigenvalue weighted by Gasteiger charge is 2.24. The molecule has 72 valence electrons. The van der Waals surface area contributed by atoms with Gasteiger partial charge in [0.15, 0.2) is 5.75 Å². The summed E-state index contributed by atoms with van der Waals surface area (Å²) in [6, 6.07) is 1.66. The predicted octanol–water partition coefficient (Wildman–Crippen LogP) is 0.492. The highest BCUT2D eigenvalue weighted by atomic mass is 32.2. The number of hydrogen-bond donors (Lipinski definition) is 0. The SMILES string of the molecule is C=C1CCN(S(=O)(=O)CC#N)CC1. The van der Waals surface area contributed by atoms with Crippen molar-refractivity contribution in [3.05, 3.63) is 12.2 Å². The van der Waals surface area contributed by atoms with E-state index in [9.17, 15) is 8.42 Å². The van der Waals surface area contributed by atoms with Crippen molar-refractivity contribution in [1.29, 1.82) is 5.26 Å². The molecule has 0 amide bonds. The zero-order chi connectivity index (χ0) is 9.90. The molecular formula is C8H12N2O2S. The first kappa shape index (κ1) is 10.2. The zero-order valence-corrected chi connectivity index (χ0v) is 8.18. The first-order valence-electron chi connectivity index (χ1n) is 4.07. The van der Waals surface area contributed by atoms with Crippen molar-refractivity contribution < 1.29 is 8.42 Å². The monoisotopic (exact) mass is 200 g/mol. The summed E-state index contributed by atoms with van der Waals surface area (Å²) in [6.45, 7) is 4.74. The molecule has 0 bridgehead atoms. The molecule has 1 aliphatic heterocycles. The van der Waals surface area contributed by atoms with E-state index in [4.69, 9.17) is 5.26 Å². The van der Waals surface area contributed by atoms with Gasteiger partial charge in [0.1, 0.15) is 0 Å². The molecule has 4 nitrogen and oxygen atoms in total. The number of hydrogen-bond acceptors (Lipinski definition) is 3. The van der Waals surface area contributed by atoms with E-state index in [-0.39, 0.29) is 0 Å². The number of piperidine rings is 1. The van der Waals surface area contributed by atoms with Crippen LogP contribution in [0, 0.1) is 11.3 Å². The van der Waals surface area contributed by atoms with Gasteiger partial charge < -0.3 is 0 Å². The molecule has 0 aromatic rings. The summed E-state index contributed by atoms with van der Waals surface area (Å²) in [4.78, 5) is 0. The Hall–Kier alpha value is -0.860. The van der Waals surface area contributed by atoms with E-state index in [1.165, 1.54) is 4.31 Å². The van der Waals surface area contributed by atoms with Crippen molar-refractivity contribution in [2.75, 3.05) is 18.8 Å². The minimum absolute atomic E-state index is 0.417. The molecule has 13 heavy (non-hydrogen) atoms. The van der Waals surface area contributed by atoms with Gasteiger partial charge in [0.25, 0.3) is 0 Å². The van der Waals surface area contributed by atoms with Crippen LogP contribution in [-0.4, -0.2) is 31.6 Å². The van der Waals surface area contributed by atoms with Crippen LogP contribution >= 0.6 is 0 Å². The molecule has 0 aromatic heterocycles. The third kappa shape index (κ3) is 2.54. The van der Waals surface area contributed by atoms with Gasteiger partial charge in [-0.1, -0.05) is 12.2 Å². The lowest BCUT2D eigenvalue weighted by Gasteiger charge is -2.25. The second kappa shape index (κ2) is 3.90. The number of nitrogens with zero attached hydrogens (tertiary/aromatic N) is 2. The van der Waals surface area contributed by atoms with Gasteiger partial charge in [-0.15, -0.1) is 0 Å². The van der Waals surface area contributed by atoms with Crippen molar-refractivity contribution in [1.82, 2.24) is 4.31 Å². The highest BCUT2D eigenvalue weighted by molar-refractivity contribution is 7.89. The van der Waals surface area contributed by atoms with E-state index in [0.29, 0.717) is 25.9 Å². The molecule has 1 fully saturated rings. The van der Waals surface area contributed by atoms with Gasteiger partial charge in [-0.2, -0.15) is 5.26 Å². The quantitative estimate of drug-likeness (QED) is 0.609. The first-order valence-corrected chi connectivity index (χ1v) is 5.68. The number of sulfonamides is 1. The minimum Gasteiger partial charge on any atom is -0.211 e. The molecule has 0 aromatic carbocycles. The second-order valence-corrected chi connectivity index (χ2v) is 5.03. The Labute approximate surface area is 78.5 Å². The number of nitriles is 1. The zero-order valence-electron chi connectivity index (χ0n) is 7.36. The van der Waals surface area contributed by atoms with Crippen LogP contribution in [0.15, 0.2) is 12.2 Å². The molecule has 0 N–H and O–H groups in total. The molecule has 0 aliphatic carbocycles. The lowest BCUT2D eigenvalue weighted by atomic mass is 10.1. The number of rotatable bonds is 2. The van der Waals surface area contributed by atoms with E-state index in [0.717, 1.165) is 5.57 Å². The fraction of sp³-hybridized carbons (Fsp3) is 0.625. The summed E-state index contributed by atoms with van der Waals surface area (Å²) in [6.07, 6.45) is 1.43. The predicted molar refractivity (Wildman–Crippen MR) is 49.3 cm³/mol.